The van der Waals surface area contributed by atoms with Crippen molar-refractivity contribution in [3.8, 4) is 0 Å². The number of para-hydroxylation sites is 1. The fraction of sp³-hybridized carbons (Fsp3) is 0.440. The van der Waals surface area contributed by atoms with Gasteiger partial charge in [-0.2, -0.15) is 18.2 Å². The highest BCUT2D eigenvalue weighted by Gasteiger charge is 2.34. The molecule has 9 heteroatoms. The lowest BCUT2D eigenvalue weighted by Gasteiger charge is -2.30. The van der Waals surface area contributed by atoms with E-state index in [1.165, 1.54) is 0 Å². The van der Waals surface area contributed by atoms with E-state index in [0.29, 0.717) is 5.95 Å². The molecule has 1 fully saturated rings. The number of nitrogens with zero attached hydrogens (tertiary/aromatic N) is 3. The van der Waals surface area contributed by atoms with E-state index in [4.69, 9.17) is 0 Å². The van der Waals surface area contributed by atoms with Gasteiger partial charge < -0.3 is 15.5 Å². The first kappa shape index (κ1) is 25.7. The van der Waals surface area contributed by atoms with Crippen molar-refractivity contribution in [1.82, 2.24) is 15.3 Å². The van der Waals surface area contributed by atoms with E-state index >= 15 is 0 Å². The molecule has 184 valence electrons. The van der Waals surface area contributed by atoms with Crippen LogP contribution in [0.5, 0.6) is 0 Å². The van der Waals surface area contributed by atoms with Crippen LogP contribution in [0.2, 0.25) is 0 Å². The van der Waals surface area contributed by atoms with Gasteiger partial charge in [-0.05, 0) is 49.9 Å². The van der Waals surface area contributed by atoms with E-state index in [1.807, 2.05) is 43.3 Å². The molecule has 1 aliphatic rings. The van der Waals surface area contributed by atoms with Crippen molar-refractivity contribution in [2.75, 3.05) is 24.3 Å². The minimum atomic E-state index is -4.58. The van der Waals surface area contributed by atoms with E-state index in [9.17, 15) is 17.6 Å². The summed E-state index contributed by atoms with van der Waals surface area (Å²) < 4.78 is 53.7. The Kier molecular flexibility index (Phi) is 7.97. The fourth-order valence-electron chi connectivity index (χ4n) is 4.34. The van der Waals surface area contributed by atoms with Crippen LogP contribution in [0.25, 0.3) is 10.9 Å². The van der Waals surface area contributed by atoms with E-state index in [-0.39, 0.29) is 31.6 Å². The summed E-state index contributed by atoms with van der Waals surface area (Å²) in [5, 5.41) is 7.51. The Morgan fingerprint density at radius 2 is 1.62 bits per heavy atom. The van der Waals surface area contributed by atoms with Crippen molar-refractivity contribution in [3.05, 3.63) is 59.4 Å². The zero-order valence-corrected chi connectivity index (χ0v) is 18.6. The molecule has 0 spiro atoms. The lowest BCUT2D eigenvalue weighted by molar-refractivity contribution is -0.138. The zero-order valence-electron chi connectivity index (χ0n) is 18.6. The molecule has 1 heterocycles. The summed E-state index contributed by atoms with van der Waals surface area (Å²) in [7, 11) is 3.88. The third kappa shape index (κ3) is 5.75. The molecule has 5 nitrogen and oxygen atoms in total. The van der Waals surface area contributed by atoms with Crippen molar-refractivity contribution in [1.29, 1.82) is 0 Å². The third-order valence-electron chi connectivity index (χ3n) is 6.06. The van der Waals surface area contributed by atoms with Crippen LogP contribution in [-0.4, -0.2) is 36.1 Å². The van der Waals surface area contributed by atoms with Gasteiger partial charge in [0.25, 0.3) is 0 Å². The Balaban J connectivity index is 0.00000324. The Morgan fingerprint density at radius 3 is 2.29 bits per heavy atom. The maximum absolute atomic E-state index is 14.1. The van der Waals surface area contributed by atoms with Gasteiger partial charge in [-0.3, -0.25) is 0 Å². The second kappa shape index (κ2) is 10.5. The quantitative estimate of drug-likeness (QED) is 0.427. The molecule has 0 aliphatic heterocycles. The van der Waals surface area contributed by atoms with E-state index in [1.54, 1.807) is 0 Å². The summed E-state index contributed by atoms with van der Waals surface area (Å²) in [6, 6.07) is 11.1. The largest absolute Gasteiger partial charge is 0.416 e. The molecule has 0 saturated heterocycles. The molecule has 1 aliphatic carbocycles. The van der Waals surface area contributed by atoms with Crippen molar-refractivity contribution in [3.63, 3.8) is 0 Å². The van der Waals surface area contributed by atoms with Crippen molar-refractivity contribution in [2.24, 2.45) is 0 Å². The SMILES string of the molecule is C.CN(C)c1nc(NC2CCC(NCc3c(F)cccc3C(F)(F)F)CC2)nc2ccccc12. The normalized spacial score (nSPS) is 18.4. The first-order valence-electron chi connectivity index (χ1n) is 11.0. The highest BCUT2D eigenvalue weighted by Crippen LogP contribution is 2.33. The summed E-state index contributed by atoms with van der Waals surface area (Å²) in [4.78, 5) is 11.3. The molecule has 0 bridgehead atoms. The van der Waals surface area contributed by atoms with Crippen LogP contribution in [0, 0.1) is 5.82 Å². The van der Waals surface area contributed by atoms with E-state index in [2.05, 4.69) is 20.6 Å². The number of rotatable bonds is 6. The minimum Gasteiger partial charge on any atom is -0.362 e. The van der Waals surface area contributed by atoms with Crippen LogP contribution >= 0.6 is 0 Å². The van der Waals surface area contributed by atoms with Gasteiger partial charge in [0, 0.05) is 43.7 Å². The summed E-state index contributed by atoms with van der Waals surface area (Å²) in [6.45, 7) is -0.149. The number of benzene rings is 2. The third-order valence-corrected chi connectivity index (χ3v) is 6.06. The van der Waals surface area contributed by atoms with Gasteiger partial charge in [-0.1, -0.05) is 25.6 Å². The predicted molar refractivity (Wildman–Crippen MR) is 129 cm³/mol. The Bertz CT molecular complexity index is 1110. The van der Waals surface area contributed by atoms with Crippen LogP contribution in [0.1, 0.15) is 44.2 Å². The standard InChI is InChI=1S/C24H27F4N5.CH4/c1-33(2)22-17-6-3-4-9-21(17)31-23(32-22)30-16-12-10-15(11-13-16)29-14-18-19(24(26,27)28)7-5-8-20(18)25;/h3-9,15-16,29H,10-14H2,1-2H3,(H,30,31,32);1H4. The average molecular weight is 478 g/mol. The predicted octanol–water partition coefficient (Wildman–Crippen LogP) is 6.00. The molecular formula is C25H31F4N5. The second-order valence-corrected chi connectivity index (χ2v) is 8.62. The first-order valence-corrected chi connectivity index (χ1v) is 11.0. The van der Waals surface area contributed by atoms with Crippen molar-refractivity contribution < 1.29 is 17.6 Å². The van der Waals surface area contributed by atoms with Crippen LogP contribution in [0.4, 0.5) is 29.3 Å². The second-order valence-electron chi connectivity index (χ2n) is 8.62. The lowest BCUT2D eigenvalue weighted by atomic mass is 9.91. The molecule has 3 aromatic rings. The average Bonchev–Trinajstić information content (AvgIpc) is 2.78. The fourth-order valence-corrected chi connectivity index (χ4v) is 4.34. The molecule has 1 saturated carbocycles. The van der Waals surface area contributed by atoms with Gasteiger partial charge in [0.05, 0.1) is 11.1 Å². The van der Waals surface area contributed by atoms with Crippen LogP contribution in [0.3, 0.4) is 0 Å². The highest BCUT2D eigenvalue weighted by atomic mass is 19.4. The molecule has 2 N–H and O–H groups in total. The summed E-state index contributed by atoms with van der Waals surface area (Å²) in [5.74, 6) is 0.566. The number of fused-ring (bicyclic) bond motifs is 1. The number of aromatic nitrogens is 2. The minimum absolute atomic E-state index is 0. The zero-order chi connectivity index (χ0) is 23.6. The summed E-state index contributed by atoms with van der Waals surface area (Å²) in [5.41, 5.74) is -0.388. The summed E-state index contributed by atoms with van der Waals surface area (Å²) >= 11 is 0. The molecule has 1 aromatic heterocycles. The maximum Gasteiger partial charge on any atom is 0.416 e. The van der Waals surface area contributed by atoms with Crippen LogP contribution in [-0.2, 0) is 12.7 Å². The van der Waals surface area contributed by atoms with Crippen LogP contribution < -0.4 is 15.5 Å². The number of alkyl halides is 3. The first-order chi connectivity index (χ1) is 15.7. The highest BCUT2D eigenvalue weighted by molar-refractivity contribution is 5.90. The number of hydrogen-bond acceptors (Lipinski definition) is 5. The number of nitrogens with one attached hydrogen (secondary N) is 2. The van der Waals surface area contributed by atoms with Crippen LogP contribution in [0.15, 0.2) is 42.5 Å². The van der Waals surface area contributed by atoms with E-state index < -0.39 is 17.6 Å². The molecule has 0 unspecified atom stereocenters. The van der Waals surface area contributed by atoms with Gasteiger partial charge in [0.15, 0.2) is 0 Å². The summed E-state index contributed by atoms with van der Waals surface area (Å²) in [6.07, 6.45) is -1.42. The van der Waals surface area contributed by atoms with Gasteiger partial charge in [0.2, 0.25) is 5.95 Å². The van der Waals surface area contributed by atoms with Gasteiger partial charge in [-0.25, -0.2) is 9.37 Å². The lowest BCUT2D eigenvalue weighted by Crippen LogP contribution is -2.37. The Morgan fingerprint density at radius 1 is 0.941 bits per heavy atom. The van der Waals surface area contributed by atoms with Crippen molar-refractivity contribution >= 4 is 22.7 Å². The number of hydrogen-bond donors (Lipinski definition) is 2. The van der Waals surface area contributed by atoms with E-state index in [0.717, 1.165) is 60.6 Å². The molecule has 2 aromatic carbocycles. The van der Waals surface area contributed by atoms with Gasteiger partial charge in [-0.15, -0.1) is 0 Å². The topological polar surface area (TPSA) is 53.1 Å². The van der Waals surface area contributed by atoms with Gasteiger partial charge >= 0.3 is 6.18 Å². The molecule has 0 radical (unpaired) electrons. The molecule has 34 heavy (non-hydrogen) atoms. The monoisotopic (exact) mass is 477 g/mol. The Hall–Kier alpha value is -2.94. The van der Waals surface area contributed by atoms with Gasteiger partial charge in [0.1, 0.15) is 11.6 Å². The number of anilines is 2. The number of halogens is 4. The maximum atomic E-state index is 14.1. The molecule has 0 atom stereocenters. The smallest absolute Gasteiger partial charge is 0.362 e. The molecule has 4 rings (SSSR count). The Labute approximate surface area is 197 Å². The molecular weight excluding hydrogens is 446 g/mol. The van der Waals surface area contributed by atoms with Crippen molar-refractivity contribution in [2.45, 2.75) is 57.9 Å². The molecule has 0 amide bonds.